The van der Waals surface area contributed by atoms with Crippen LogP contribution >= 0.6 is 0 Å². The van der Waals surface area contributed by atoms with Crippen LogP contribution in [0.2, 0.25) is 0 Å². The third-order valence-corrected chi connectivity index (χ3v) is 10.7. The van der Waals surface area contributed by atoms with Gasteiger partial charge in [-0.2, -0.15) is 0 Å². The van der Waals surface area contributed by atoms with Crippen molar-refractivity contribution >= 4 is 82.5 Å². The van der Waals surface area contributed by atoms with Crippen molar-refractivity contribution in [1.82, 2.24) is 0 Å². The van der Waals surface area contributed by atoms with E-state index < -0.39 is 0 Å². The summed E-state index contributed by atoms with van der Waals surface area (Å²) in [5, 5.41) is 9.21. The van der Waals surface area contributed by atoms with Crippen LogP contribution in [-0.4, -0.2) is 0 Å². The lowest BCUT2D eigenvalue weighted by Crippen LogP contribution is -2.10. The summed E-state index contributed by atoms with van der Waals surface area (Å²) in [7, 11) is 0. The summed E-state index contributed by atoms with van der Waals surface area (Å²) in [5.41, 5.74) is 11.3. The number of furan rings is 2. The fraction of sp³-hybridized carbons (Fsp3) is 0. The smallest absolute Gasteiger partial charge is 0.143 e. The third-order valence-electron chi connectivity index (χ3n) is 10.7. The minimum absolute atomic E-state index is 0.889. The minimum Gasteiger partial charge on any atom is -0.455 e. The minimum atomic E-state index is 0.889. The highest BCUT2D eigenvalue weighted by Crippen LogP contribution is 2.44. The van der Waals surface area contributed by atoms with E-state index in [2.05, 4.69) is 181 Å². The summed E-state index contributed by atoms with van der Waals surface area (Å²) in [4.78, 5) is 2.37. The van der Waals surface area contributed by atoms with Crippen LogP contribution in [0.25, 0.3) is 87.7 Å². The molecule has 0 radical (unpaired) electrons. The van der Waals surface area contributed by atoms with E-state index in [-0.39, 0.29) is 0 Å². The van der Waals surface area contributed by atoms with Gasteiger partial charge in [-0.05, 0) is 76.0 Å². The molecule has 53 heavy (non-hydrogen) atoms. The summed E-state index contributed by atoms with van der Waals surface area (Å²) in [6, 6.07) is 66.8. The van der Waals surface area contributed by atoms with Crippen molar-refractivity contribution in [2.24, 2.45) is 0 Å². The van der Waals surface area contributed by atoms with Crippen molar-refractivity contribution in [3.8, 4) is 22.3 Å². The Kier molecular flexibility index (Phi) is 6.55. The van der Waals surface area contributed by atoms with Gasteiger partial charge in [-0.25, -0.2) is 0 Å². The van der Waals surface area contributed by atoms with Crippen LogP contribution in [0.4, 0.5) is 17.1 Å². The molecule has 3 heteroatoms. The Morgan fingerprint density at radius 3 is 1.87 bits per heavy atom. The van der Waals surface area contributed by atoms with E-state index in [0.717, 1.165) is 88.6 Å². The molecule has 0 aliphatic rings. The van der Waals surface area contributed by atoms with Crippen LogP contribution in [0.15, 0.2) is 197 Å². The first-order valence-electron chi connectivity index (χ1n) is 18.0. The van der Waals surface area contributed by atoms with Gasteiger partial charge in [0.25, 0.3) is 0 Å². The van der Waals surface area contributed by atoms with Crippen molar-refractivity contribution < 1.29 is 8.83 Å². The van der Waals surface area contributed by atoms with Crippen LogP contribution in [-0.2, 0) is 0 Å². The summed E-state index contributed by atoms with van der Waals surface area (Å²) in [6.07, 6.45) is 0. The van der Waals surface area contributed by atoms with Crippen LogP contribution in [0.3, 0.4) is 0 Å². The van der Waals surface area contributed by atoms with Gasteiger partial charge in [-0.1, -0.05) is 140 Å². The van der Waals surface area contributed by atoms with E-state index in [4.69, 9.17) is 8.83 Å². The van der Waals surface area contributed by atoms with Crippen LogP contribution < -0.4 is 4.90 Å². The number of hydrogen-bond donors (Lipinski definition) is 0. The third kappa shape index (κ3) is 4.68. The lowest BCUT2D eigenvalue weighted by atomic mass is 9.97. The number of nitrogens with zero attached hydrogens (tertiary/aromatic N) is 1. The van der Waals surface area contributed by atoms with Crippen LogP contribution in [0.5, 0.6) is 0 Å². The predicted molar refractivity (Wildman–Crippen MR) is 222 cm³/mol. The van der Waals surface area contributed by atoms with E-state index in [1.165, 1.54) is 16.2 Å². The topological polar surface area (TPSA) is 29.5 Å². The highest BCUT2D eigenvalue weighted by Gasteiger charge is 2.19. The molecule has 0 bridgehead atoms. The zero-order valence-electron chi connectivity index (χ0n) is 28.7. The van der Waals surface area contributed by atoms with Crippen molar-refractivity contribution in [2.75, 3.05) is 4.90 Å². The molecule has 3 nitrogen and oxygen atoms in total. The molecule has 2 aromatic heterocycles. The quantitative estimate of drug-likeness (QED) is 0.182. The maximum absolute atomic E-state index is 6.57. The van der Waals surface area contributed by atoms with Crippen molar-refractivity contribution in [3.05, 3.63) is 188 Å². The average Bonchev–Trinajstić information content (AvgIpc) is 3.81. The van der Waals surface area contributed by atoms with E-state index >= 15 is 0 Å². The van der Waals surface area contributed by atoms with E-state index in [9.17, 15) is 0 Å². The van der Waals surface area contributed by atoms with Gasteiger partial charge in [-0.3, -0.25) is 0 Å². The Morgan fingerprint density at radius 1 is 0.340 bits per heavy atom. The molecule has 0 N–H and O–H groups in total. The Morgan fingerprint density at radius 2 is 0.981 bits per heavy atom. The number of rotatable bonds is 5. The maximum Gasteiger partial charge on any atom is 0.143 e. The Bertz CT molecular complexity index is 3180. The largest absolute Gasteiger partial charge is 0.455 e. The number of para-hydroxylation sites is 2. The second kappa shape index (κ2) is 11.7. The monoisotopic (exact) mass is 677 g/mol. The second-order valence-corrected chi connectivity index (χ2v) is 13.7. The molecule has 0 fully saturated rings. The number of hydrogen-bond acceptors (Lipinski definition) is 3. The van der Waals surface area contributed by atoms with Gasteiger partial charge in [0.2, 0.25) is 0 Å². The Labute approximate surface area is 305 Å². The molecule has 0 saturated heterocycles. The van der Waals surface area contributed by atoms with Gasteiger partial charge in [0, 0.05) is 49.3 Å². The molecule has 0 atom stereocenters. The van der Waals surface area contributed by atoms with Gasteiger partial charge >= 0.3 is 0 Å². The van der Waals surface area contributed by atoms with Crippen LogP contribution in [0, 0.1) is 0 Å². The van der Waals surface area contributed by atoms with Gasteiger partial charge < -0.3 is 13.7 Å². The molecule has 2 heterocycles. The summed E-state index contributed by atoms with van der Waals surface area (Å²) in [6.45, 7) is 0. The molecular formula is C50H31NO2. The Balaban J connectivity index is 1.08. The summed E-state index contributed by atoms with van der Waals surface area (Å²) in [5.74, 6) is 0. The highest BCUT2D eigenvalue weighted by atomic mass is 16.3. The van der Waals surface area contributed by atoms with Crippen molar-refractivity contribution in [2.45, 2.75) is 0 Å². The fourth-order valence-corrected chi connectivity index (χ4v) is 8.20. The maximum atomic E-state index is 6.57. The molecule has 0 amide bonds. The lowest BCUT2D eigenvalue weighted by Gasteiger charge is -2.27. The molecule has 0 aliphatic heterocycles. The first kappa shape index (κ1) is 29.6. The predicted octanol–water partition coefficient (Wildman–Crippen LogP) is 14.6. The first-order chi connectivity index (χ1) is 26.3. The van der Waals surface area contributed by atoms with Gasteiger partial charge in [-0.15, -0.1) is 0 Å². The standard InChI is InChI=1S/C50H31NO2/c1-3-16-38-32(11-1)13-8-22-45(38)51(36-28-25-34(26-29-36)41-20-9-21-43-42-18-5-6-23-46(42)52-49(41)43)37-15-7-14-35(31-37)39-19-10-24-47-48(39)44-30-27-33-12-2-4-17-40(33)50(44)53-47/h1-31H. The molecule has 0 spiro atoms. The lowest BCUT2D eigenvalue weighted by molar-refractivity contribution is 0.670. The molecule has 11 aromatic rings. The SMILES string of the molecule is c1cc(-c2cccc3oc4c5ccccc5ccc4c23)cc(N(c2ccc(-c3cccc4c3oc3ccccc34)cc2)c2cccc3ccccc23)c1. The van der Waals surface area contributed by atoms with Crippen LogP contribution in [0.1, 0.15) is 0 Å². The first-order valence-corrected chi connectivity index (χ1v) is 18.0. The molecule has 0 unspecified atom stereocenters. The second-order valence-electron chi connectivity index (χ2n) is 13.7. The molecule has 0 aliphatic carbocycles. The summed E-state index contributed by atoms with van der Waals surface area (Å²) < 4.78 is 13.0. The van der Waals surface area contributed by atoms with E-state index in [1.54, 1.807) is 0 Å². The molecule has 0 saturated carbocycles. The van der Waals surface area contributed by atoms with Crippen molar-refractivity contribution in [3.63, 3.8) is 0 Å². The molecule has 11 rings (SSSR count). The number of anilines is 3. The normalized spacial score (nSPS) is 11.8. The molecular weight excluding hydrogens is 647 g/mol. The number of benzene rings is 9. The molecule has 9 aromatic carbocycles. The van der Waals surface area contributed by atoms with E-state index in [1.807, 2.05) is 12.1 Å². The van der Waals surface area contributed by atoms with Gasteiger partial charge in [0.05, 0.1) is 5.69 Å². The highest BCUT2D eigenvalue weighted by molar-refractivity contribution is 6.19. The fourth-order valence-electron chi connectivity index (χ4n) is 8.20. The van der Waals surface area contributed by atoms with Crippen molar-refractivity contribution in [1.29, 1.82) is 0 Å². The Hall–Kier alpha value is -7.10. The van der Waals surface area contributed by atoms with Gasteiger partial charge in [0.1, 0.15) is 22.3 Å². The average molecular weight is 678 g/mol. The molecule has 248 valence electrons. The zero-order valence-corrected chi connectivity index (χ0v) is 28.7. The van der Waals surface area contributed by atoms with Gasteiger partial charge in [0.15, 0.2) is 0 Å². The van der Waals surface area contributed by atoms with E-state index in [0.29, 0.717) is 0 Å². The zero-order chi connectivity index (χ0) is 34.9. The summed E-state index contributed by atoms with van der Waals surface area (Å²) >= 11 is 0. The number of fused-ring (bicyclic) bond motifs is 9.